The fraction of sp³-hybridized carbons (Fsp3) is 0.571. The van der Waals surface area contributed by atoms with Crippen molar-refractivity contribution in [3.63, 3.8) is 0 Å². The van der Waals surface area contributed by atoms with Gasteiger partial charge in [-0.1, -0.05) is 6.07 Å². The van der Waals surface area contributed by atoms with Gasteiger partial charge in [0.05, 0.1) is 0 Å². The number of amides is 1. The molecule has 20 heavy (non-hydrogen) atoms. The molecule has 0 radical (unpaired) electrons. The van der Waals surface area contributed by atoms with Gasteiger partial charge in [-0.15, -0.1) is 24.8 Å². The Bertz CT molecular complexity index is 392. The summed E-state index contributed by atoms with van der Waals surface area (Å²) >= 11 is 0. The van der Waals surface area contributed by atoms with E-state index in [2.05, 4.69) is 15.6 Å². The summed E-state index contributed by atoms with van der Waals surface area (Å²) in [6.45, 7) is 4.62. The molecule has 1 fully saturated rings. The SMILES string of the molecule is Cc1ccc(CNC(=O)CC2CCNCC2)cn1.Cl.Cl. The maximum Gasteiger partial charge on any atom is 0.220 e. The van der Waals surface area contributed by atoms with Crippen molar-refractivity contribution >= 4 is 30.7 Å². The first-order valence-electron chi connectivity index (χ1n) is 6.63. The van der Waals surface area contributed by atoms with Gasteiger partial charge in [0.25, 0.3) is 0 Å². The number of aromatic nitrogens is 1. The average Bonchev–Trinajstić information content (AvgIpc) is 2.39. The normalized spacial score (nSPS) is 14.8. The van der Waals surface area contributed by atoms with Gasteiger partial charge in [0.2, 0.25) is 5.91 Å². The molecule has 0 aromatic carbocycles. The van der Waals surface area contributed by atoms with E-state index in [9.17, 15) is 4.79 Å². The fourth-order valence-corrected chi connectivity index (χ4v) is 2.22. The molecule has 0 saturated carbocycles. The van der Waals surface area contributed by atoms with Crippen molar-refractivity contribution in [1.29, 1.82) is 0 Å². The van der Waals surface area contributed by atoms with E-state index in [0.29, 0.717) is 18.9 Å². The van der Waals surface area contributed by atoms with Gasteiger partial charge in [-0.25, -0.2) is 0 Å². The van der Waals surface area contributed by atoms with Crippen LogP contribution < -0.4 is 10.6 Å². The molecule has 1 saturated heterocycles. The molecule has 0 unspecified atom stereocenters. The van der Waals surface area contributed by atoms with Crippen LogP contribution in [0, 0.1) is 12.8 Å². The van der Waals surface area contributed by atoms with Crippen LogP contribution >= 0.6 is 24.8 Å². The summed E-state index contributed by atoms with van der Waals surface area (Å²) in [5, 5.41) is 6.28. The predicted octanol–water partition coefficient (Wildman–Crippen LogP) is 2.24. The Kier molecular flexibility index (Phi) is 9.55. The van der Waals surface area contributed by atoms with Gasteiger partial charge in [-0.2, -0.15) is 0 Å². The average molecular weight is 320 g/mol. The largest absolute Gasteiger partial charge is 0.352 e. The minimum Gasteiger partial charge on any atom is -0.352 e. The van der Waals surface area contributed by atoms with Gasteiger partial charge in [-0.05, 0) is 50.4 Å². The lowest BCUT2D eigenvalue weighted by molar-refractivity contribution is -0.122. The maximum absolute atomic E-state index is 11.8. The van der Waals surface area contributed by atoms with Crippen molar-refractivity contribution in [2.75, 3.05) is 13.1 Å². The van der Waals surface area contributed by atoms with Crippen LogP contribution in [0.4, 0.5) is 0 Å². The lowest BCUT2D eigenvalue weighted by atomic mass is 9.94. The van der Waals surface area contributed by atoms with Gasteiger partial charge in [0.1, 0.15) is 0 Å². The molecule has 1 aliphatic rings. The van der Waals surface area contributed by atoms with Crippen LogP contribution in [0.5, 0.6) is 0 Å². The number of hydrogen-bond donors (Lipinski definition) is 2. The molecular weight excluding hydrogens is 297 g/mol. The Morgan fingerprint density at radius 3 is 2.65 bits per heavy atom. The minimum atomic E-state index is 0. The summed E-state index contributed by atoms with van der Waals surface area (Å²) in [7, 11) is 0. The molecule has 2 rings (SSSR count). The standard InChI is InChI=1S/C14H21N3O.2ClH/c1-11-2-3-13(9-16-11)10-17-14(18)8-12-4-6-15-7-5-12;;/h2-3,9,12,15H,4-8,10H2,1H3,(H,17,18);2*1H. The Hall–Kier alpha value is -0.840. The molecule has 2 heterocycles. The monoisotopic (exact) mass is 319 g/mol. The second kappa shape index (κ2) is 9.97. The Morgan fingerprint density at radius 2 is 2.05 bits per heavy atom. The number of carbonyl (C=O) groups excluding carboxylic acids is 1. The number of piperidine rings is 1. The summed E-state index contributed by atoms with van der Waals surface area (Å²) in [6.07, 6.45) is 4.69. The van der Waals surface area contributed by atoms with Crippen LogP contribution in [0.15, 0.2) is 18.3 Å². The molecule has 0 aliphatic carbocycles. The molecule has 6 heteroatoms. The highest BCUT2D eigenvalue weighted by Gasteiger charge is 2.16. The number of rotatable bonds is 4. The van der Waals surface area contributed by atoms with Gasteiger partial charge in [0, 0.05) is 24.9 Å². The van der Waals surface area contributed by atoms with Gasteiger partial charge in [0.15, 0.2) is 0 Å². The van der Waals surface area contributed by atoms with Crippen LogP contribution in [-0.4, -0.2) is 24.0 Å². The molecule has 2 N–H and O–H groups in total. The lowest BCUT2D eigenvalue weighted by Crippen LogP contribution is -2.32. The third kappa shape index (κ3) is 6.55. The zero-order valence-corrected chi connectivity index (χ0v) is 13.4. The lowest BCUT2D eigenvalue weighted by Gasteiger charge is -2.21. The van der Waals surface area contributed by atoms with E-state index in [1.54, 1.807) is 0 Å². The highest BCUT2D eigenvalue weighted by atomic mass is 35.5. The van der Waals surface area contributed by atoms with Crippen LogP contribution in [0.25, 0.3) is 0 Å². The molecule has 1 aliphatic heterocycles. The second-order valence-electron chi connectivity index (χ2n) is 4.98. The molecule has 4 nitrogen and oxygen atoms in total. The van der Waals surface area contributed by atoms with E-state index < -0.39 is 0 Å². The van der Waals surface area contributed by atoms with Crippen molar-refractivity contribution in [1.82, 2.24) is 15.6 Å². The maximum atomic E-state index is 11.8. The summed E-state index contributed by atoms with van der Waals surface area (Å²) in [5.41, 5.74) is 2.05. The van der Waals surface area contributed by atoms with Crippen molar-refractivity contribution in [2.24, 2.45) is 5.92 Å². The Balaban J connectivity index is 0.00000180. The van der Waals surface area contributed by atoms with Crippen molar-refractivity contribution in [3.8, 4) is 0 Å². The minimum absolute atomic E-state index is 0. The zero-order valence-electron chi connectivity index (χ0n) is 11.7. The third-order valence-electron chi connectivity index (χ3n) is 3.40. The molecule has 0 atom stereocenters. The highest BCUT2D eigenvalue weighted by molar-refractivity contribution is 5.85. The smallest absolute Gasteiger partial charge is 0.220 e. The molecule has 1 aromatic rings. The Morgan fingerprint density at radius 1 is 1.35 bits per heavy atom. The molecule has 114 valence electrons. The molecular formula is C14H23Cl2N3O. The topological polar surface area (TPSA) is 54.0 Å². The van der Waals surface area contributed by atoms with Gasteiger partial charge >= 0.3 is 0 Å². The van der Waals surface area contributed by atoms with Crippen LogP contribution in [0.3, 0.4) is 0 Å². The number of nitrogens with one attached hydrogen (secondary N) is 2. The van der Waals surface area contributed by atoms with E-state index in [1.165, 1.54) is 0 Å². The van der Waals surface area contributed by atoms with Crippen LogP contribution in [-0.2, 0) is 11.3 Å². The van der Waals surface area contributed by atoms with E-state index in [-0.39, 0.29) is 30.7 Å². The van der Waals surface area contributed by atoms with Crippen LogP contribution in [0.1, 0.15) is 30.5 Å². The first-order valence-corrected chi connectivity index (χ1v) is 6.63. The van der Waals surface area contributed by atoms with E-state index in [1.807, 2.05) is 25.3 Å². The zero-order chi connectivity index (χ0) is 12.8. The number of hydrogen-bond acceptors (Lipinski definition) is 3. The summed E-state index contributed by atoms with van der Waals surface area (Å²) in [6, 6.07) is 3.97. The van der Waals surface area contributed by atoms with E-state index >= 15 is 0 Å². The summed E-state index contributed by atoms with van der Waals surface area (Å²) < 4.78 is 0. The number of pyridine rings is 1. The van der Waals surface area contributed by atoms with Crippen LogP contribution in [0.2, 0.25) is 0 Å². The van der Waals surface area contributed by atoms with Crippen molar-refractivity contribution < 1.29 is 4.79 Å². The highest BCUT2D eigenvalue weighted by Crippen LogP contribution is 2.15. The molecule has 0 bridgehead atoms. The number of carbonyl (C=O) groups is 1. The number of nitrogens with zero attached hydrogens (tertiary/aromatic N) is 1. The second-order valence-corrected chi connectivity index (χ2v) is 4.98. The quantitative estimate of drug-likeness (QED) is 0.894. The molecule has 1 amide bonds. The molecule has 0 spiro atoms. The summed E-state index contributed by atoms with van der Waals surface area (Å²) in [4.78, 5) is 16.0. The number of aryl methyl sites for hydroxylation is 1. The van der Waals surface area contributed by atoms with Gasteiger partial charge in [-0.3, -0.25) is 9.78 Å². The predicted molar refractivity (Wildman–Crippen MR) is 85.5 cm³/mol. The number of halogens is 2. The molecule has 1 aromatic heterocycles. The Labute approximate surface area is 132 Å². The first-order chi connectivity index (χ1) is 8.74. The van der Waals surface area contributed by atoms with Crippen molar-refractivity contribution in [2.45, 2.75) is 32.7 Å². The van der Waals surface area contributed by atoms with Crippen molar-refractivity contribution in [3.05, 3.63) is 29.6 Å². The fourth-order valence-electron chi connectivity index (χ4n) is 2.22. The third-order valence-corrected chi connectivity index (χ3v) is 3.40. The summed E-state index contributed by atoms with van der Waals surface area (Å²) in [5.74, 6) is 0.699. The van der Waals surface area contributed by atoms with E-state index in [0.717, 1.165) is 37.2 Å². The first kappa shape index (κ1) is 19.2. The van der Waals surface area contributed by atoms with Gasteiger partial charge < -0.3 is 10.6 Å². The van der Waals surface area contributed by atoms with E-state index in [4.69, 9.17) is 0 Å².